The zero-order valence-electron chi connectivity index (χ0n) is 14.8. The van der Waals surface area contributed by atoms with Gasteiger partial charge < -0.3 is 4.90 Å². The predicted octanol–water partition coefficient (Wildman–Crippen LogP) is 5.73. The Hall–Kier alpha value is -3.15. The highest BCUT2D eigenvalue weighted by atomic mass is 19.4. The molecule has 0 unspecified atom stereocenters. The van der Waals surface area contributed by atoms with E-state index in [1.807, 2.05) is 30.3 Å². The van der Waals surface area contributed by atoms with Crippen molar-refractivity contribution in [3.63, 3.8) is 0 Å². The summed E-state index contributed by atoms with van der Waals surface area (Å²) in [6, 6.07) is 19.2. The van der Waals surface area contributed by atoms with Gasteiger partial charge in [-0.25, -0.2) is 4.39 Å². The van der Waals surface area contributed by atoms with Crippen LogP contribution in [-0.2, 0) is 12.6 Å². The Bertz CT molecular complexity index is 954. The normalized spacial score (nSPS) is 11.3. The number of rotatable bonds is 5. The van der Waals surface area contributed by atoms with Gasteiger partial charge in [0.2, 0.25) is 0 Å². The lowest BCUT2D eigenvalue weighted by Gasteiger charge is -2.24. The largest absolute Gasteiger partial charge is 0.416 e. The highest BCUT2D eigenvalue weighted by Crippen LogP contribution is 2.32. The molecule has 0 aliphatic rings. The Morgan fingerprint density at radius 1 is 0.857 bits per heavy atom. The first-order valence-electron chi connectivity index (χ1n) is 8.64. The molecule has 0 fully saturated rings. The Balaban J connectivity index is 1.97. The predicted molar refractivity (Wildman–Crippen MR) is 99.7 cm³/mol. The zero-order valence-corrected chi connectivity index (χ0v) is 14.8. The molecule has 0 N–H and O–H groups in total. The highest BCUT2D eigenvalue weighted by Gasteiger charge is 2.31. The molecule has 3 aromatic carbocycles. The van der Waals surface area contributed by atoms with Crippen molar-refractivity contribution in [1.29, 1.82) is 0 Å². The molecule has 0 saturated heterocycles. The lowest BCUT2D eigenvalue weighted by molar-refractivity contribution is -0.137. The minimum Gasteiger partial charge on any atom is -0.308 e. The molecule has 0 bridgehead atoms. The number of hydrogen-bond donors (Lipinski definition) is 0. The van der Waals surface area contributed by atoms with Crippen LogP contribution in [0.1, 0.15) is 21.5 Å². The number of benzene rings is 3. The molecule has 0 saturated carbocycles. The molecule has 3 rings (SSSR count). The van der Waals surface area contributed by atoms with Crippen molar-refractivity contribution in [3.8, 4) is 0 Å². The first-order chi connectivity index (χ1) is 13.4. The molecule has 2 nitrogen and oxygen atoms in total. The maximum absolute atomic E-state index is 14.1. The van der Waals surface area contributed by atoms with E-state index in [9.17, 15) is 22.4 Å². The third kappa shape index (κ3) is 4.57. The molecule has 0 aliphatic carbocycles. The van der Waals surface area contributed by atoms with E-state index in [1.54, 1.807) is 0 Å². The second-order valence-electron chi connectivity index (χ2n) is 6.22. The number of alkyl halides is 3. The van der Waals surface area contributed by atoms with Crippen LogP contribution < -0.4 is 4.90 Å². The summed E-state index contributed by atoms with van der Waals surface area (Å²) in [4.78, 5) is 14.1. The van der Waals surface area contributed by atoms with Crippen LogP contribution in [0.15, 0.2) is 78.9 Å². The average Bonchev–Trinajstić information content (AvgIpc) is 2.69. The standard InChI is InChI=1S/C22H17F4NO/c23-20-12-5-4-11-19(20)21(28)27(14-13-16-7-2-1-3-8-16)18-10-6-9-17(15-18)22(24,25)26/h1-12,15H,13-14H2. The fraction of sp³-hybridized carbons (Fsp3) is 0.136. The summed E-state index contributed by atoms with van der Waals surface area (Å²) in [5.74, 6) is -1.41. The van der Waals surface area contributed by atoms with Gasteiger partial charge in [-0.2, -0.15) is 13.2 Å². The first-order valence-corrected chi connectivity index (χ1v) is 8.64. The molecular formula is C22H17F4NO. The highest BCUT2D eigenvalue weighted by molar-refractivity contribution is 6.06. The number of amides is 1. The van der Waals surface area contributed by atoms with Crippen LogP contribution in [0.4, 0.5) is 23.2 Å². The van der Waals surface area contributed by atoms with Crippen molar-refractivity contribution in [2.75, 3.05) is 11.4 Å². The summed E-state index contributed by atoms with van der Waals surface area (Å²) in [6.07, 6.45) is -4.13. The van der Waals surface area contributed by atoms with Gasteiger partial charge in [0.25, 0.3) is 5.91 Å². The van der Waals surface area contributed by atoms with E-state index in [-0.39, 0.29) is 17.8 Å². The summed E-state index contributed by atoms with van der Waals surface area (Å²) < 4.78 is 53.4. The fourth-order valence-corrected chi connectivity index (χ4v) is 2.86. The lowest BCUT2D eigenvalue weighted by atomic mass is 10.1. The third-order valence-corrected chi connectivity index (χ3v) is 4.30. The number of halogens is 4. The quantitative estimate of drug-likeness (QED) is 0.512. The maximum Gasteiger partial charge on any atom is 0.416 e. The van der Waals surface area contributed by atoms with Gasteiger partial charge >= 0.3 is 6.18 Å². The van der Waals surface area contributed by atoms with Gasteiger partial charge in [0.1, 0.15) is 5.82 Å². The van der Waals surface area contributed by atoms with Gasteiger partial charge in [-0.15, -0.1) is 0 Å². The fourth-order valence-electron chi connectivity index (χ4n) is 2.86. The first kappa shape index (κ1) is 19.6. The Morgan fingerprint density at radius 3 is 2.21 bits per heavy atom. The van der Waals surface area contributed by atoms with E-state index >= 15 is 0 Å². The van der Waals surface area contributed by atoms with Gasteiger partial charge in [0.05, 0.1) is 11.1 Å². The third-order valence-electron chi connectivity index (χ3n) is 4.30. The zero-order chi connectivity index (χ0) is 20.1. The second-order valence-corrected chi connectivity index (χ2v) is 6.22. The molecule has 1 amide bonds. The van der Waals surface area contributed by atoms with Crippen LogP contribution in [0.25, 0.3) is 0 Å². The summed E-state index contributed by atoms with van der Waals surface area (Å²) in [5, 5.41) is 0. The van der Waals surface area contributed by atoms with Crippen LogP contribution in [-0.4, -0.2) is 12.5 Å². The molecule has 28 heavy (non-hydrogen) atoms. The van der Waals surface area contributed by atoms with Crippen molar-refractivity contribution >= 4 is 11.6 Å². The van der Waals surface area contributed by atoms with Crippen molar-refractivity contribution in [2.24, 2.45) is 0 Å². The average molecular weight is 387 g/mol. The summed E-state index contributed by atoms with van der Waals surface area (Å²) in [7, 11) is 0. The van der Waals surface area contributed by atoms with Gasteiger partial charge in [-0.1, -0.05) is 48.5 Å². The number of carbonyl (C=O) groups is 1. The molecule has 0 radical (unpaired) electrons. The number of carbonyl (C=O) groups excluding carboxylic acids is 1. The molecule has 0 heterocycles. The Kier molecular flexibility index (Phi) is 5.78. The van der Waals surface area contributed by atoms with Gasteiger partial charge in [-0.05, 0) is 42.3 Å². The monoisotopic (exact) mass is 387 g/mol. The Morgan fingerprint density at radius 2 is 1.54 bits per heavy atom. The number of anilines is 1. The van der Waals surface area contributed by atoms with E-state index in [0.29, 0.717) is 6.42 Å². The van der Waals surface area contributed by atoms with Crippen LogP contribution in [0.3, 0.4) is 0 Å². The summed E-state index contributed by atoms with van der Waals surface area (Å²) in [5.41, 5.74) is -0.0659. The van der Waals surface area contributed by atoms with Crippen molar-refractivity contribution < 1.29 is 22.4 Å². The number of hydrogen-bond acceptors (Lipinski definition) is 1. The van der Waals surface area contributed by atoms with Crippen LogP contribution in [0.2, 0.25) is 0 Å². The molecule has 144 valence electrons. The minimum absolute atomic E-state index is 0.0685. The van der Waals surface area contributed by atoms with Crippen molar-refractivity contribution in [3.05, 3.63) is 101 Å². The van der Waals surface area contributed by atoms with E-state index in [0.717, 1.165) is 23.8 Å². The second kappa shape index (κ2) is 8.25. The molecule has 3 aromatic rings. The SMILES string of the molecule is O=C(c1ccccc1F)N(CCc1ccccc1)c1cccc(C(F)(F)F)c1. The molecule has 0 spiro atoms. The van der Waals surface area contributed by atoms with E-state index in [1.165, 1.54) is 35.2 Å². The smallest absolute Gasteiger partial charge is 0.308 e. The maximum atomic E-state index is 14.1. The number of nitrogens with zero attached hydrogens (tertiary/aromatic N) is 1. The van der Waals surface area contributed by atoms with Crippen molar-refractivity contribution in [2.45, 2.75) is 12.6 Å². The van der Waals surface area contributed by atoms with Gasteiger partial charge in [-0.3, -0.25) is 4.79 Å². The summed E-state index contributed by atoms with van der Waals surface area (Å²) >= 11 is 0. The van der Waals surface area contributed by atoms with Crippen LogP contribution in [0, 0.1) is 5.82 Å². The summed E-state index contributed by atoms with van der Waals surface area (Å²) in [6.45, 7) is 0.110. The van der Waals surface area contributed by atoms with Crippen LogP contribution in [0.5, 0.6) is 0 Å². The van der Waals surface area contributed by atoms with Gasteiger partial charge in [0, 0.05) is 12.2 Å². The Labute approximate surface area is 160 Å². The van der Waals surface area contributed by atoms with E-state index in [2.05, 4.69) is 0 Å². The molecule has 0 aromatic heterocycles. The molecule has 6 heteroatoms. The molecule has 0 aliphatic heterocycles. The van der Waals surface area contributed by atoms with Crippen molar-refractivity contribution in [1.82, 2.24) is 0 Å². The molecular weight excluding hydrogens is 370 g/mol. The van der Waals surface area contributed by atoms with Crippen LogP contribution >= 0.6 is 0 Å². The van der Waals surface area contributed by atoms with E-state index in [4.69, 9.17) is 0 Å². The van der Waals surface area contributed by atoms with E-state index < -0.39 is 23.5 Å². The lowest BCUT2D eigenvalue weighted by Crippen LogP contribution is -2.33. The van der Waals surface area contributed by atoms with Gasteiger partial charge in [0.15, 0.2) is 0 Å². The minimum atomic E-state index is -4.54. The topological polar surface area (TPSA) is 20.3 Å². The molecule has 0 atom stereocenters.